The van der Waals surface area contributed by atoms with Crippen LogP contribution in [0.25, 0.3) is 0 Å². The number of carbonyl (C=O) groups is 1. The predicted octanol–water partition coefficient (Wildman–Crippen LogP) is 2.60. The van der Waals surface area contributed by atoms with Crippen molar-refractivity contribution in [1.82, 2.24) is 9.97 Å². The van der Waals surface area contributed by atoms with E-state index >= 15 is 0 Å². The lowest BCUT2D eigenvalue weighted by Crippen LogP contribution is -2.14. The Kier molecular flexibility index (Phi) is 3.90. The number of anilines is 1. The van der Waals surface area contributed by atoms with Crippen molar-refractivity contribution in [1.29, 1.82) is 0 Å². The number of halogens is 1. The number of aryl methyl sites for hydroxylation is 1. The molecule has 7 nitrogen and oxygen atoms in total. The van der Waals surface area contributed by atoms with Gasteiger partial charge < -0.3 is 5.32 Å². The van der Waals surface area contributed by atoms with Crippen molar-refractivity contribution < 1.29 is 9.72 Å². The number of nitro benzene ring substituents is 1. The van der Waals surface area contributed by atoms with Gasteiger partial charge in [0.1, 0.15) is 10.7 Å². The van der Waals surface area contributed by atoms with Gasteiger partial charge in [0.2, 0.25) is 0 Å². The van der Waals surface area contributed by atoms with Crippen molar-refractivity contribution in [2.45, 2.75) is 6.92 Å². The van der Waals surface area contributed by atoms with Crippen LogP contribution in [0.3, 0.4) is 0 Å². The molecule has 1 amide bonds. The first-order chi connectivity index (χ1) is 9.47. The van der Waals surface area contributed by atoms with Gasteiger partial charge in [0.05, 0.1) is 16.8 Å². The third-order valence-corrected chi connectivity index (χ3v) is 2.72. The molecule has 0 aliphatic carbocycles. The second-order valence-electron chi connectivity index (χ2n) is 3.92. The van der Waals surface area contributed by atoms with Crippen LogP contribution >= 0.6 is 11.6 Å². The number of nitrogens with one attached hydrogen (secondary N) is 1. The van der Waals surface area contributed by atoms with E-state index in [1.54, 1.807) is 6.92 Å². The lowest BCUT2D eigenvalue weighted by molar-refractivity contribution is -0.384. The highest BCUT2D eigenvalue weighted by atomic mass is 35.5. The smallest absolute Gasteiger partial charge is 0.288 e. The molecule has 1 aromatic heterocycles. The molecule has 2 rings (SSSR count). The topological polar surface area (TPSA) is 98.0 Å². The lowest BCUT2D eigenvalue weighted by Gasteiger charge is -2.05. The third-order valence-electron chi connectivity index (χ3n) is 2.42. The van der Waals surface area contributed by atoms with Crippen LogP contribution < -0.4 is 5.32 Å². The highest BCUT2D eigenvalue weighted by molar-refractivity contribution is 6.33. The van der Waals surface area contributed by atoms with E-state index in [-0.39, 0.29) is 16.4 Å². The molecular formula is C12H9ClN4O3. The van der Waals surface area contributed by atoms with Crippen molar-refractivity contribution in [3.8, 4) is 0 Å². The van der Waals surface area contributed by atoms with E-state index in [4.69, 9.17) is 11.6 Å². The number of rotatable bonds is 3. The summed E-state index contributed by atoms with van der Waals surface area (Å²) in [5, 5.41) is 13.1. The number of hydrogen-bond acceptors (Lipinski definition) is 5. The van der Waals surface area contributed by atoms with Crippen LogP contribution in [0.5, 0.6) is 0 Å². The SMILES string of the molecule is Cc1cnc(C(=O)Nc2ccc([N+](=O)[O-])c(Cl)c2)cn1. The molecule has 102 valence electrons. The van der Waals surface area contributed by atoms with Crippen molar-refractivity contribution in [3.05, 3.63) is 57.1 Å². The Morgan fingerprint density at radius 3 is 2.65 bits per heavy atom. The zero-order valence-electron chi connectivity index (χ0n) is 10.3. The number of amides is 1. The van der Waals surface area contributed by atoms with Gasteiger partial charge in [0.15, 0.2) is 0 Å². The zero-order valence-corrected chi connectivity index (χ0v) is 11.1. The van der Waals surface area contributed by atoms with Gasteiger partial charge in [-0.3, -0.25) is 19.9 Å². The Bertz CT molecular complexity index is 673. The van der Waals surface area contributed by atoms with Gasteiger partial charge in [-0.05, 0) is 19.1 Å². The van der Waals surface area contributed by atoms with Gasteiger partial charge in [0.25, 0.3) is 11.6 Å². The van der Waals surface area contributed by atoms with Gasteiger partial charge >= 0.3 is 0 Å². The number of nitro groups is 1. The molecule has 0 radical (unpaired) electrons. The van der Waals surface area contributed by atoms with Gasteiger partial charge in [-0.2, -0.15) is 0 Å². The van der Waals surface area contributed by atoms with E-state index in [0.717, 1.165) is 0 Å². The molecule has 0 bridgehead atoms. The largest absolute Gasteiger partial charge is 0.321 e. The van der Waals surface area contributed by atoms with E-state index in [0.29, 0.717) is 11.4 Å². The summed E-state index contributed by atoms with van der Waals surface area (Å²) in [4.78, 5) is 29.8. The Morgan fingerprint density at radius 1 is 1.35 bits per heavy atom. The molecule has 0 aliphatic rings. The van der Waals surface area contributed by atoms with Crippen LogP contribution in [-0.2, 0) is 0 Å². The van der Waals surface area contributed by atoms with Gasteiger partial charge in [-0.15, -0.1) is 0 Å². The molecular weight excluding hydrogens is 284 g/mol. The molecule has 0 saturated heterocycles. The van der Waals surface area contributed by atoms with Crippen LogP contribution in [0.2, 0.25) is 5.02 Å². The average Bonchev–Trinajstić information content (AvgIpc) is 2.39. The highest BCUT2D eigenvalue weighted by Crippen LogP contribution is 2.27. The van der Waals surface area contributed by atoms with Crippen LogP contribution in [0, 0.1) is 17.0 Å². The molecule has 0 atom stereocenters. The van der Waals surface area contributed by atoms with Crippen molar-refractivity contribution in [2.24, 2.45) is 0 Å². The number of nitrogens with zero attached hydrogens (tertiary/aromatic N) is 3. The van der Waals surface area contributed by atoms with E-state index in [1.807, 2.05) is 0 Å². The van der Waals surface area contributed by atoms with E-state index in [1.165, 1.54) is 30.6 Å². The second kappa shape index (κ2) is 5.62. The van der Waals surface area contributed by atoms with Gasteiger partial charge in [0, 0.05) is 18.0 Å². The molecule has 2 aromatic rings. The summed E-state index contributed by atoms with van der Waals surface area (Å²) in [6.07, 6.45) is 2.81. The fourth-order valence-corrected chi connectivity index (χ4v) is 1.69. The third kappa shape index (κ3) is 3.07. The number of aromatic nitrogens is 2. The number of hydrogen-bond donors (Lipinski definition) is 1. The van der Waals surface area contributed by atoms with Gasteiger partial charge in [-0.1, -0.05) is 11.6 Å². The fraction of sp³-hybridized carbons (Fsp3) is 0.0833. The number of benzene rings is 1. The van der Waals surface area contributed by atoms with E-state index in [9.17, 15) is 14.9 Å². The predicted molar refractivity (Wildman–Crippen MR) is 72.8 cm³/mol. The first-order valence-electron chi connectivity index (χ1n) is 5.51. The Hall–Kier alpha value is -2.54. The monoisotopic (exact) mass is 292 g/mol. The van der Waals surface area contributed by atoms with Crippen LogP contribution in [0.4, 0.5) is 11.4 Å². The summed E-state index contributed by atoms with van der Waals surface area (Å²) < 4.78 is 0. The standard InChI is InChI=1S/C12H9ClN4O3/c1-7-5-15-10(6-14-7)12(18)16-8-2-3-11(17(19)20)9(13)4-8/h2-6H,1H3,(H,16,18). The lowest BCUT2D eigenvalue weighted by atomic mass is 10.2. The Morgan fingerprint density at radius 2 is 2.10 bits per heavy atom. The molecule has 0 unspecified atom stereocenters. The van der Waals surface area contributed by atoms with Crippen LogP contribution in [0.15, 0.2) is 30.6 Å². The summed E-state index contributed by atoms with van der Waals surface area (Å²) in [6.45, 7) is 1.75. The minimum atomic E-state index is -0.598. The molecule has 0 aliphatic heterocycles. The highest BCUT2D eigenvalue weighted by Gasteiger charge is 2.14. The maximum absolute atomic E-state index is 11.9. The molecule has 20 heavy (non-hydrogen) atoms. The van der Waals surface area contributed by atoms with Crippen LogP contribution in [0.1, 0.15) is 16.2 Å². The van der Waals surface area contributed by atoms with Crippen molar-refractivity contribution in [2.75, 3.05) is 5.32 Å². The molecule has 0 spiro atoms. The average molecular weight is 293 g/mol. The maximum atomic E-state index is 11.9. The normalized spacial score (nSPS) is 10.1. The Labute approximate surface area is 118 Å². The summed E-state index contributed by atoms with van der Waals surface area (Å²) in [7, 11) is 0. The molecule has 1 aromatic carbocycles. The van der Waals surface area contributed by atoms with Crippen molar-refractivity contribution >= 4 is 28.9 Å². The molecule has 0 fully saturated rings. The van der Waals surface area contributed by atoms with E-state index in [2.05, 4.69) is 15.3 Å². The minimum absolute atomic E-state index is 0.0530. The van der Waals surface area contributed by atoms with Crippen molar-refractivity contribution in [3.63, 3.8) is 0 Å². The molecule has 1 N–H and O–H groups in total. The maximum Gasteiger partial charge on any atom is 0.288 e. The minimum Gasteiger partial charge on any atom is -0.321 e. The molecule has 1 heterocycles. The Balaban J connectivity index is 2.18. The summed E-state index contributed by atoms with van der Waals surface area (Å²) >= 11 is 5.75. The first kappa shape index (κ1) is 13.9. The van der Waals surface area contributed by atoms with Gasteiger partial charge in [-0.25, -0.2) is 4.98 Å². The summed E-state index contributed by atoms with van der Waals surface area (Å²) in [5.74, 6) is -0.470. The first-order valence-corrected chi connectivity index (χ1v) is 5.89. The summed E-state index contributed by atoms with van der Waals surface area (Å²) in [6, 6.07) is 3.92. The van der Waals surface area contributed by atoms with Crippen LogP contribution in [-0.4, -0.2) is 20.8 Å². The molecule has 8 heteroatoms. The quantitative estimate of drug-likeness (QED) is 0.692. The van der Waals surface area contributed by atoms with E-state index < -0.39 is 10.8 Å². The second-order valence-corrected chi connectivity index (χ2v) is 4.33. The molecule has 0 saturated carbocycles. The summed E-state index contributed by atoms with van der Waals surface area (Å²) in [5.41, 5.74) is 0.956. The fourth-order valence-electron chi connectivity index (χ4n) is 1.44. The number of carbonyl (C=O) groups excluding carboxylic acids is 1. The zero-order chi connectivity index (χ0) is 14.7.